The van der Waals surface area contributed by atoms with Crippen LogP contribution >= 0.6 is 0 Å². The van der Waals surface area contributed by atoms with E-state index >= 15 is 0 Å². The standard InChI is InChI=1S/C11H23NO3/c1-9(2)14-6-7-15-11-8-13-5-4-10(11)12-3/h9-12H,4-8H2,1-3H3. The van der Waals surface area contributed by atoms with Crippen LogP contribution in [0.25, 0.3) is 0 Å². The van der Waals surface area contributed by atoms with Crippen molar-refractivity contribution in [3.05, 3.63) is 0 Å². The highest BCUT2D eigenvalue weighted by molar-refractivity contribution is 4.79. The molecule has 1 saturated heterocycles. The predicted molar refractivity (Wildman–Crippen MR) is 59.1 cm³/mol. The quantitative estimate of drug-likeness (QED) is 0.668. The van der Waals surface area contributed by atoms with Gasteiger partial charge in [-0.25, -0.2) is 0 Å². The summed E-state index contributed by atoms with van der Waals surface area (Å²) in [6, 6.07) is 0.415. The van der Waals surface area contributed by atoms with Crippen LogP contribution in [0.15, 0.2) is 0 Å². The van der Waals surface area contributed by atoms with Crippen molar-refractivity contribution in [3.8, 4) is 0 Å². The molecule has 0 radical (unpaired) electrons. The minimum atomic E-state index is 0.166. The Morgan fingerprint density at radius 3 is 2.87 bits per heavy atom. The Balaban J connectivity index is 2.12. The minimum Gasteiger partial charge on any atom is -0.379 e. The molecular formula is C11H23NO3. The molecule has 1 aliphatic heterocycles. The first kappa shape index (κ1) is 12.9. The number of hydrogen-bond donors (Lipinski definition) is 1. The van der Waals surface area contributed by atoms with E-state index in [0.717, 1.165) is 13.0 Å². The van der Waals surface area contributed by atoms with E-state index in [1.54, 1.807) is 0 Å². The van der Waals surface area contributed by atoms with Gasteiger partial charge in [0.05, 0.1) is 32.0 Å². The topological polar surface area (TPSA) is 39.7 Å². The number of nitrogens with one attached hydrogen (secondary N) is 1. The van der Waals surface area contributed by atoms with Gasteiger partial charge < -0.3 is 19.5 Å². The number of likely N-dealkylation sites (N-methyl/N-ethyl adjacent to an activating group) is 1. The highest BCUT2D eigenvalue weighted by atomic mass is 16.6. The number of rotatable bonds is 6. The fraction of sp³-hybridized carbons (Fsp3) is 1.00. The monoisotopic (exact) mass is 217 g/mol. The molecule has 1 N–H and O–H groups in total. The van der Waals surface area contributed by atoms with Gasteiger partial charge in [-0.2, -0.15) is 0 Å². The second-order valence-corrected chi connectivity index (χ2v) is 4.09. The van der Waals surface area contributed by atoms with Crippen molar-refractivity contribution in [2.75, 3.05) is 33.5 Å². The Hall–Kier alpha value is -0.160. The molecule has 0 amide bonds. The number of hydrogen-bond acceptors (Lipinski definition) is 4. The zero-order valence-corrected chi connectivity index (χ0v) is 9.99. The van der Waals surface area contributed by atoms with E-state index in [4.69, 9.17) is 14.2 Å². The maximum absolute atomic E-state index is 5.72. The molecule has 2 unspecified atom stereocenters. The van der Waals surface area contributed by atoms with Crippen LogP contribution in [0.2, 0.25) is 0 Å². The summed E-state index contributed by atoms with van der Waals surface area (Å²) in [7, 11) is 1.97. The summed E-state index contributed by atoms with van der Waals surface area (Å²) in [6.45, 7) is 6.87. The van der Waals surface area contributed by atoms with E-state index in [1.807, 2.05) is 20.9 Å². The molecule has 1 fully saturated rings. The van der Waals surface area contributed by atoms with Crippen molar-refractivity contribution in [2.45, 2.75) is 38.5 Å². The van der Waals surface area contributed by atoms with Gasteiger partial charge in [-0.1, -0.05) is 0 Å². The average molecular weight is 217 g/mol. The second kappa shape index (κ2) is 7.17. The summed E-state index contributed by atoms with van der Waals surface area (Å²) in [5.74, 6) is 0. The minimum absolute atomic E-state index is 0.166. The van der Waals surface area contributed by atoms with Crippen molar-refractivity contribution in [1.82, 2.24) is 5.32 Å². The summed E-state index contributed by atoms with van der Waals surface area (Å²) in [4.78, 5) is 0. The second-order valence-electron chi connectivity index (χ2n) is 4.09. The lowest BCUT2D eigenvalue weighted by molar-refractivity contribution is -0.0841. The van der Waals surface area contributed by atoms with Crippen LogP contribution in [0.1, 0.15) is 20.3 Å². The Labute approximate surface area is 92.3 Å². The summed E-state index contributed by atoms with van der Waals surface area (Å²) in [5.41, 5.74) is 0. The van der Waals surface area contributed by atoms with Crippen molar-refractivity contribution < 1.29 is 14.2 Å². The summed E-state index contributed by atoms with van der Waals surface area (Å²) in [6.07, 6.45) is 1.46. The smallest absolute Gasteiger partial charge is 0.0962 e. The van der Waals surface area contributed by atoms with E-state index in [1.165, 1.54) is 0 Å². The SMILES string of the molecule is CNC1CCOCC1OCCOC(C)C. The summed E-state index contributed by atoms with van der Waals surface area (Å²) < 4.78 is 16.5. The van der Waals surface area contributed by atoms with Crippen molar-refractivity contribution >= 4 is 0 Å². The fourth-order valence-corrected chi connectivity index (χ4v) is 1.69. The zero-order valence-electron chi connectivity index (χ0n) is 9.99. The molecule has 1 aliphatic rings. The van der Waals surface area contributed by atoms with E-state index < -0.39 is 0 Å². The molecule has 0 aromatic carbocycles. The van der Waals surface area contributed by atoms with Crippen LogP contribution in [-0.2, 0) is 14.2 Å². The van der Waals surface area contributed by atoms with Crippen LogP contribution in [0, 0.1) is 0 Å². The van der Waals surface area contributed by atoms with Gasteiger partial charge in [-0.05, 0) is 27.3 Å². The number of ether oxygens (including phenoxy) is 3. The van der Waals surface area contributed by atoms with Crippen LogP contribution in [0.3, 0.4) is 0 Å². The zero-order chi connectivity index (χ0) is 11.1. The summed E-state index contributed by atoms with van der Waals surface area (Å²) >= 11 is 0. The molecule has 0 aromatic heterocycles. The molecule has 1 rings (SSSR count). The van der Waals surface area contributed by atoms with Gasteiger partial charge in [0.25, 0.3) is 0 Å². The van der Waals surface area contributed by atoms with Crippen molar-refractivity contribution in [2.24, 2.45) is 0 Å². The molecule has 4 heteroatoms. The Morgan fingerprint density at radius 1 is 1.40 bits per heavy atom. The van der Waals surface area contributed by atoms with Crippen LogP contribution in [0.5, 0.6) is 0 Å². The van der Waals surface area contributed by atoms with Crippen LogP contribution in [-0.4, -0.2) is 51.7 Å². The molecule has 0 spiro atoms. The Bertz CT molecular complexity index is 164. The van der Waals surface area contributed by atoms with E-state index in [0.29, 0.717) is 25.9 Å². The third-order valence-corrected chi connectivity index (χ3v) is 2.54. The fourth-order valence-electron chi connectivity index (χ4n) is 1.69. The molecule has 90 valence electrons. The molecule has 0 bridgehead atoms. The maximum Gasteiger partial charge on any atom is 0.0962 e. The lowest BCUT2D eigenvalue weighted by Crippen LogP contribution is -2.46. The Morgan fingerprint density at radius 2 is 2.20 bits per heavy atom. The van der Waals surface area contributed by atoms with E-state index in [-0.39, 0.29) is 12.2 Å². The van der Waals surface area contributed by atoms with Gasteiger partial charge in [-0.15, -0.1) is 0 Å². The molecule has 1 heterocycles. The Kier molecular flexibility index (Phi) is 6.17. The average Bonchev–Trinajstić information content (AvgIpc) is 2.24. The molecule has 0 aromatic rings. The molecular weight excluding hydrogens is 194 g/mol. The first-order valence-corrected chi connectivity index (χ1v) is 5.72. The first-order valence-electron chi connectivity index (χ1n) is 5.72. The van der Waals surface area contributed by atoms with E-state index in [9.17, 15) is 0 Å². The van der Waals surface area contributed by atoms with Crippen molar-refractivity contribution in [3.63, 3.8) is 0 Å². The van der Waals surface area contributed by atoms with Gasteiger partial charge in [0.15, 0.2) is 0 Å². The van der Waals surface area contributed by atoms with Gasteiger partial charge in [0, 0.05) is 12.6 Å². The van der Waals surface area contributed by atoms with Gasteiger partial charge in [0.2, 0.25) is 0 Å². The lowest BCUT2D eigenvalue weighted by Gasteiger charge is -2.31. The highest BCUT2D eigenvalue weighted by Gasteiger charge is 2.24. The largest absolute Gasteiger partial charge is 0.379 e. The van der Waals surface area contributed by atoms with E-state index in [2.05, 4.69) is 5.32 Å². The lowest BCUT2D eigenvalue weighted by atomic mass is 10.1. The third kappa shape index (κ3) is 4.93. The summed E-state index contributed by atoms with van der Waals surface area (Å²) in [5, 5.41) is 3.26. The predicted octanol–water partition coefficient (Wildman–Crippen LogP) is 0.805. The van der Waals surface area contributed by atoms with Gasteiger partial charge >= 0.3 is 0 Å². The molecule has 2 atom stereocenters. The normalized spacial score (nSPS) is 27.2. The maximum atomic E-state index is 5.72. The first-order chi connectivity index (χ1) is 7.24. The molecule has 15 heavy (non-hydrogen) atoms. The van der Waals surface area contributed by atoms with Crippen LogP contribution < -0.4 is 5.32 Å². The molecule has 0 saturated carbocycles. The van der Waals surface area contributed by atoms with Crippen LogP contribution in [0.4, 0.5) is 0 Å². The molecule has 4 nitrogen and oxygen atoms in total. The third-order valence-electron chi connectivity index (χ3n) is 2.54. The highest BCUT2D eigenvalue weighted by Crippen LogP contribution is 2.10. The van der Waals surface area contributed by atoms with Crippen molar-refractivity contribution in [1.29, 1.82) is 0 Å². The molecule has 0 aliphatic carbocycles. The van der Waals surface area contributed by atoms with Gasteiger partial charge in [-0.3, -0.25) is 0 Å². The van der Waals surface area contributed by atoms with Gasteiger partial charge in [0.1, 0.15) is 0 Å².